The van der Waals surface area contributed by atoms with Gasteiger partial charge in [0.05, 0.1) is 75.5 Å². The third-order valence-electron chi connectivity index (χ3n) is 17.8. The topological polar surface area (TPSA) is 395 Å². The molecule has 0 saturated heterocycles. The van der Waals surface area contributed by atoms with E-state index < -0.39 is 89.7 Å². The molecule has 0 fully saturated rings. The van der Waals surface area contributed by atoms with Crippen LogP contribution < -0.4 is 56.4 Å². The lowest BCUT2D eigenvalue weighted by molar-refractivity contribution is -0.0500. The van der Waals surface area contributed by atoms with Crippen LogP contribution in [0.4, 0.5) is 33.3 Å². The molecule has 38 heteroatoms. The van der Waals surface area contributed by atoms with Gasteiger partial charge in [0.15, 0.2) is 45.0 Å². The van der Waals surface area contributed by atoms with Crippen LogP contribution in [0.2, 0.25) is 0 Å². The summed E-state index contributed by atoms with van der Waals surface area (Å²) in [5.74, 6) is -5.62. The number of benzene rings is 6. The maximum atomic E-state index is 14.2. The van der Waals surface area contributed by atoms with Crippen LogP contribution >= 0.6 is 0 Å². The molecule has 6 aromatic carbocycles. The van der Waals surface area contributed by atoms with Gasteiger partial charge in [-0.1, -0.05) is 158 Å². The van der Waals surface area contributed by atoms with Crippen LogP contribution in [0.25, 0.3) is 44.1 Å². The van der Waals surface area contributed by atoms with Crippen molar-refractivity contribution in [1.82, 2.24) is 58.8 Å². The average Bonchev–Trinajstić information content (AvgIpc) is 0.766. The van der Waals surface area contributed by atoms with Crippen molar-refractivity contribution in [2.45, 2.75) is 93.5 Å². The number of hydrogen-bond acceptors (Lipinski definition) is 28. The lowest BCUT2D eigenvalue weighted by Gasteiger charge is -2.19. The third kappa shape index (κ3) is 20.3. The number of ether oxygens (including phenoxy) is 3. The predicted molar refractivity (Wildman–Crippen MR) is 434 cm³/mol. The van der Waals surface area contributed by atoms with E-state index in [1.165, 1.54) is 55.8 Å². The van der Waals surface area contributed by atoms with E-state index >= 15 is 0 Å². The van der Waals surface area contributed by atoms with Gasteiger partial charge in [-0.3, -0.25) is 19.2 Å². The molecule has 8 heterocycles. The van der Waals surface area contributed by atoms with E-state index in [9.17, 15) is 69.0 Å². The first-order chi connectivity index (χ1) is 58.7. The fourth-order valence-corrected chi connectivity index (χ4v) is 12.4. The zero-order chi connectivity index (χ0) is 87.4. The van der Waals surface area contributed by atoms with Crippen molar-refractivity contribution < 1.29 is 87.6 Å². The first-order valence-electron chi connectivity index (χ1n) is 37.1. The molecule has 3 N–H and O–H groups in total. The van der Waals surface area contributed by atoms with Crippen molar-refractivity contribution >= 4 is 83.5 Å². The molecule has 122 heavy (non-hydrogen) atoms. The van der Waals surface area contributed by atoms with E-state index in [4.69, 9.17) is 33.6 Å². The third-order valence-corrected chi connectivity index (χ3v) is 18.7. The molecule has 0 atom stereocenters. The number of rotatable bonds is 26. The smallest absolute Gasteiger partial charge is 0.506 e. The van der Waals surface area contributed by atoms with Crippen molar-refractivity contribution in [1.29, 1.82) is 0 Å². The molecule has 32 nitrogen and oxygen atoms in total. The fourth-order valence-electron chi connectivity index (χ4n) is 12.0. The number of hydrogen-bond donors (Lipinski definition) is 3. The molecule has 630 valence electrons. The number of alkyl halides is 3. The number of esters is 3. The zero-order valence-corrected chi connectivity index (χ0v) is 66.8. The number of aromatic nitrogens is 12. The van der Waals surface area contributed by atoms with E-state index in [-0.39, 0.29) is 104 Å². The summed E-state index contributed by atoms with van der Waals surface area (Å²) in [6, 6.07) is 50.7. The van der Waals surface area contributed by atoms with Gasteiger partial charge in [0, 0.05) is 30.3 Å². The SMILES string of the molecule is CCOC(=O)c1c(NCc2ccccc2F)c2c(C)ncnc2n(OCc2ccccc2)c1=O.CCOC(=O)c1c(O)c2c(C)ncnc2n(OCc2ccccc2)c1=O.CCOC(=O)c1c(OS(=O)(=O)C(F)(F)F)c2c(C)ncnc2n(OCc2ccccc2)c1=O.Cc1ncnc2c1c(NCc1ccccc1F)cc(=O)n2OCc1ccccc1. The van der Waals surface area contributed by atoms with Gasteiger partial charge >= 0.3 is 50.2 Å². The molecule has 14 aromatic rings. The van der Waals surface area contributed by atoms with Crippen LogP contribution in [0.3, 0.4) is 0 Å². The number of anilines is 2. The summed E-state index contributed by atoms with van der Waals surface area (Å²) < 4.78 is 113. The number of aryl methyl sites for hydroxylation is 4. The number of carbonyl (C=O) groups is 3. The highest BCUT2D eigenvalue weighted by molar-refractivity contribution is 7.88. The summed E-state index contributed by atoms with van der Waals surface area (Å²) in [6.07, 6.45) is 4.93. The van der Waals surface area contributed by atoms with Gasteiger partial charge in [-0.25, -0.2) is 63.0 Å². The molecular formula is C84H75F5N14O18S. The lowest BCUT2D eigenvalue weighted by atomic mass is 10.1. The van der Waals surface area contributed by atoms with Crippen LogP contribution in [-0.4, -0.2) is 116 Å². The number of pyridine rings is 4. The molecule has 0 amide bonds. The van der Waals surface area contributed by atoms with Gasteiger partial charge in [-0.05, 0) is 82.9 Å². The van der Waals surface area contributed by atoms with Crippen molar-refractivity contribution in [2.24, 2.45) is 0 Å². The fraction of sp³-hybridized carbons (Fsp3) is 0.202. The standard InChI is InChI=1S/C25H23FN4O4.C22H19FN4O2.C19H16F3N3O7S.C18H17N3O5/c1-3-33-25(32)21-22(27-13-18-11-7-8-12-19(18)26)20-16(2)28-15-29-23(20)30(24(21)31)34-14-17-9-5-4-6-10-17;1-15-21-19(24-12-17-9-5-6-10-18(17)23)11-20(28)27(22(21)26-14-25-15)29-13-16-7-3-2-4-8-16;1-3-30-18(27)14-15(32-33(28,29)19(20,21)22)13-11(2)23-10-24-16(13)25(17(14)26)31-9-12-7-5-4-6-8-12;1-3-25-18(24)14-15(22)13-11(2)19-10-20-16(13)21(17(14)23)26-9-12-7-5-4-6-8-12/h4-12,15,27H,3,13-14H2,1-2H3;2-11,14,24H,12-13H2,1H3;4-8,10H,3,9H2,1-2H3;4-8,10,22H,3,9H2,1-2H3. The van der Waals surface area contributed by atoms with Gasteiger partial charge in [0.25, 0.3) is 5.56 Å². The Hall–Kier alpha value is -15.1. The molecule has 0 radical (unpaired) electrons. The zero-order valence-electron chi connectivity index (χ0n) is 66.0. The lowest BCUT2D eigenvalue weighted by Crippen LogP contribution is -2.35. The number of halogens is 5. The van der Waals surface area contributed by atoms with E-state index in [0.717, 1.165) is 32.5 Å². The molecule has 0 aliphatic carbocycles. The second-order valence-electron chi connectivity index (χ2n) is 25.9. The summed E-state index contributed by atoms with van der Waals surface area (Å²) in [6.45, 7) is 11.4. The van der Waals surface area contributed by atoms with E-state index in [1.54, 1.807) is 94.4 Å². The molecule has 0 bridgehead atoms. The van der Waals surface area contributed by atoms with Crippen LogP contribution in [0, 0.1) is 39.3 Å². The summed E-state index contributed by atoms with van der Waals surface area (Å²) in [7, 11) is -6.27. The number of nitrogens with zero attached hydrogens (tertiary/aromatic N) is 12. The first-order valence-corrected chi connectivity index (χ1v) is 38.5. The van der Waals surface area contributed by atoms with Crippen molar-refractivity contribution in [3.05, 3.63) is 327 Å². The van der Waals surface area contributed by atoms with Gasteiger partial charge < -0.3 is 53.5 Å². The summed E-state index contributed by atoms with van der Waals surface area (Å²) in [4.78, 5) is 145. The minimum Gasteiger partial charge on any atom is -0.506 e. The van der Waals surface area contributed by atoms with Crippen molar-refractivity contribution in [2.75, 3.05) is 30.5 Å². The molecule has 0 unspecified atom stereocenters. The highest BCUT2D eigenvalue weighted by Crippen LogP contribution is 2.36. The van der Waals surface area contributed by atoms with E-state index in [0.29, 0.717) is 60.6 Å². The van der Waals surface area contributed by atoms with Gasteiger partial charge in [0.2, 0.25) is 0 Å². The predicted octanol–water partition coefficient (Wildman–Crippen LogP) is 10.9. The van der Waals surface area contributed by atoms with E-state index in [1.807, 2.05) is 97.9 Å². The van der Waals surface area contributed by atoms with Gasteiger partial charge in [-0.2, -0.15) is 21.6 Å². The van der Waals surface area contributed by atoms with Crippen LogP contribution in [0.1, 0.15) is 108 Å². The average molecular weight is 1700 g/mol. The van der Waals surface area contributed by atoms with Crippen LogP contribution in [0.15, 0.2) is 220 Å². The molecular weight excluding hydrogens is 1620 g/mol. The van der Waals surface area contributed by atoms with Crippen molar-refractivity contribution in [3.63, 3.8) is 0 Å². The Labute approximate surface area is 689 Å². The summed E-state index contributed by atoms with van der Waals surface area (Å²) in [5, 5.41) is 17.4. The summed E-state index contributed by atoms with van der Waals surface area (Å²) >= 11 is 0. The molecule has 0 aliphatic rings. The number of fused-ring (bicyclic) bond motifs is 4. The molecule has 0 aliphatic heterocycles. The maximum absolute atomic E-state index is 14.2. The first kappa shape index (κ1) is 87.7. The second-order valence-corrected chi connectivity index (χ2v) is 27.4. The minimum atomic E-state index is -6.27. The number of nitrogens with one attached hydrogen (secondary N) is 2. The van der Waals surface area contributed by atoms with Gasteiger partial charge in [0.1, 0.15) is 69.1 Å². The molecule has 0 saturated carbocycles. The number of aromatic hydroxyl groups is 1. The molecule has 14 rings (SSSR count). The molecule has 0 spiro atoms. The van der Waals surface area contributed by atoms with Gasteiger partial charge in [-0.15, -0.1) is 18.9 Å². The largest absolute Gasteiger partial charge is 0.534 e. The second kappa shape index (κ2) is 39.9. The number of carbonyl (C=O) groups excluding carboxylic acids is 3. The monoisotopic (exact) mass is 1690 g/mol. The Morgan fingerprint density at radius 2 is 0.746 bits per heavy atom. The maximum Gasteiger partial charge on any atom is 0.534 e. The highest BCUT2D eigenvalue weighted by atomic mass is 32.2. The Bertz CT molecular complexity index is 6540. The Kier molecular flexibility index (Phi) is 28.7. The minimum absolute atomic E-state index is 0.0246. The quantitative estimate of drug-likeness (QED) is 0.0149. The Morgan fingerprint density at radius 3 is 1.16 bits per heavy atom. The van der Waals surface area contributed by atoms with Crippen molar-refractivity contribution in [3.8, 4) is 11.5 Å². The summed E-state index contributed by atoms with van der Waals surface area (Å²) in [5.41, 5.74) is -4.58. The highest BCUT2D eigenvalue weighted by Gasteiger charge is 2.50. The van der Waals surface area contributed by atoms with E-state index in [2.05, 4.69) is 54.7 Å². The Morgan fingerprint density at radius 1 is 0.418 bits per heavy atom. The molecule has 8 aromatic heterocycles. The van der Waals surface area contributed by atoms with Crippen LogP contribution in [-0.2, 0) is 63.8 Å². The van der Waals surface area contributed by atoms with Crippen LogP contribution in [0.5, 0.6) is 11.5 Å². The Balaban J connectivity index is 0.000000159. The normalized spacial score (nSPS) is 11.1.